The number of amides is 2. The topological polar surface area (TPSA) is 67.9 Å². The summed E-state index contributed by atoms with van der Waals surface area (Å²) in [7, 11) is 1.66. The average Bonchev–Trinajstić information content (AvgIpc) is 3.26. The summed E-state index contributed by atoms with van der Waals surface area (Å²) in [5.41, 5.74) is 3.21. The Morgan fingerprint density at radius 1 is 1.20 bits per heavy atom. The summed E-state index contributed by atoms with van der Waals surface area (Å²) in [5, 5.41) is 2.96. The van der Waals surface area contributed by atoms with E-state index in [1.807, 2.05) is 36.4 Å². The second-order valence-corrected chi connectivity index (χ2v) is 7.91. The lowest BCUT2D eigenvalue weighted by Crippen LogP contribution is -2.42. The number of methoxy groups -OCH3 is 1. The summed E-state index contributed by atoms with van der Waals surface area (Å²) in [4.78, 5) is 27.3. The van der Waals surface area contributed by atoms with Gasteiger partial charge in [0.25, 0.3) is 5.91 Å². The Bertz CT molecular complexity index is 908. The van der Waals surface area contributed by atoms with E-state index in [0.29, 0.717) is 32.7 Å². The molecule has 6 nitrogen and oxygen atoms in total. The van der Waals surface area contributed by atoms with Gasteiger partial charge in [-0.15, -0.1) is 0 Å². The maximum atomic E-state index is 12.8. The molecule has 2 aliphatic heterocycles. The molecule has 2 amide bonds. The van der Waals surface area contributed by atoms with Crippen molar-refractivity contribution in [1.29, 1.82) is 0 Å². The van der Waals surface area contributed by atoms with E-state index in [4.69, 9.17) is 9.47 Å². The van der Waals surface area contributed by atoms with E-state index < -0.39 is 0 Å². The number of carbonyl (C=O) groups is 2. The number of nitrogens with one attached hydrogen (secondary N) is 1. The van der Waals surface area contributed by atoms with Crippen LogP contribution in [0.15, 0.2) is 48.5 Å². The van der Waals surface area contributed by atoms with Crippen molar-refractivity contribution in [2.45, 2.75) is 25.4 Å². The van der Waals surface area contributed by atoms with E-state index in [-0.39, 0.29) is 23.8 Å². The van der Waals surface area contributed by atoms with Crippen LogP contribution in [0.25, 0.3) is 11.1 Å². The van der Waals surface area contributed by atoms with Crippen molar-refractivity contribution in [3.8, 4) is 16.9 Å². The first-order valence-corrected chi connectivity index (χ1v) is 10.6. The van der Waals surface area contributed by atoms with Gasteiger partial charge in [-0.2, -0.15) is 0 Å². The predicted octanol–water partition coefficient (Wildman–Crippen LogP) is 2.66. The van der Waals surface area contributed by atoms with Crippen molar-refractivity contribution in [2.24, 2.45) is 5.92 Å². The molecule has 0 bridgehead atoms. The Morgan fingerprint density at radius 2 is 2.00 bits per heavy atom. The summed E-state index contributed by atoms with van der Waals surface area (Å²) < 4.78 is 10.9. The number of hydrogen-bond acceptors (Lipinski definition) is 4. The molecule has 0 aromatic heterocycles. The minimum absolute atomic E-state index is 0.00410. The first kappa shape index (κ1) is 20.4. The van der Waals surface area contributed by atoms with Crippen LogP contribution in [0.5, 0.6) is 5.75 Å². The number of ether oxygens (including phenoxy) is 2. The quantitative estimate of drug-likeness (QED) is 0.826. The lowest BCUT2D eigenvalue weighted by molar-refractivity contribution is -0.141. The van der Waals surface area contributed by atoms with E-state index in [1.165, 1.54) is 0 Å². The zero-order chi connectivity index (χ0) is 20.9. The number of rotatable bonds is 5. The molecule has 2 heterocycles. The third-order valence-corrected chi connectivity index (χ3v) is 5.82. The van der Waals surface area contributed by atoms with E-state index >= 15 is 0 Å². The van der Waals surface area contributed by atoms with Crippen molar-refractivity contribution in [3.05, 3.63) is 54.1 Å². The molecule has 0 radical (unpaired) electrons. The summed E-state index contributed by atoms with van der Waals surface area (Å²) >= 11 is 0. The highest BCUT2D eigenvalue weighted by molar-refractivity contribution is 5.84. The van der Waals surface area contributed by atoms with Crippen molar-refractivity contribution in [1.82, 2.24) is 10.2 Å². The van der Waals surface area contributed by atoms with Crippen LogP contribution >= 0.6 is 0 Å². The van der Waals surface area contributed by atoms with E-state index in [0.717, 1.165) is 35.3 Å². The molecule has 158 valence electrons. The molecular formula is C24H28N2O4. The molecule has 0 aliphatic carbocycles. The molecule has 2 atom stereocenters. The second-order valence-electron chi connectivity index (χ2n) is 7.91. The Hall–Kier alpha value is -2.86. The molecule has 2 aromatic rings. The summed E-state index contributed by atoms with van der Waals surface area (Å²) in [6, 6.07) is 16.1. The van der Waals surface area contributed by atoms with Crippen LogP contribution in [-0.2, 0) is 20.7 Å². The standard InChI is InChI=1S/C24H28N2O4/c1-29-21-8-3-7-19(15-21)18-6-2-5-17(13-18)14-20-16-26(11-10-25-23(20)27)24(28)22-9-4-12-30-22/h2-3,5-8,13,15,20,22H,4,9-12,14,16H2,1H3,(H,25,27). The summed E-state index contributed by atoms with van der Waals surface area (Å²) in [5.74, 6) is 0.548. The van der Waals surface area contributed by atoms with Gasteiger partial charge in [-0.25, -0.2) is 0 Å². The van der Waals surface area contributed by atoms with Gasteiger partial charge in [-0.05, 0) is 48.1 Å². The number of carbonyl (C=O) groups excluding carboxylic acids is 2. The van der Waals surface area contributed by atoms with Crippen LogP contribution < -0.4 is 10.1 Å². The smallest absolute Gasteiger partial charge is 0.251 e. The minimum atomic E-state index is -0.352. The van der Waals surface area contributed by atoms with Gasteiger partial charge < -0.3 is 19.7 Å². The first-order valence-electron chi connectivity index (χ1n) is 10.6. The summed E-state index contributed by atoms with van der Waals surface area (Å²) in [6.45, 7) is 2.08. The van der Waals surface area contributed by atoms with E-state index in [1.54, 1.807) is 12.0 Å². The fourth-order valence-electron chi connectivity index (χ4n) is 4.20. The van der Waals surface area contributed by atoms with Gasteiger partial charge in [0.15, 0.2) is 0 Å². The zero-order valence-corrected chi connectivity index (χ0v) is 17.3. The predicted molar refractivity (Wildman–Crippen MR) is 114 cm³/mol. The summed E-state index contributed by atoms with van der Waals surface area (Å²) in [6.07, 6.45) is 1.92. The highest BCUT2D eigenvalue weighted by Gasteiger charge is 2.33. The molecule has 0 spiro atoms. The van der Waals surface area contributed by atoms with Gasteiger partial charge in [0.1, 0.15) is 11.9 Å². The highest BCUT2D eigenvalue weighted by atomic mass is 16.5. The number of benzene rings is 2. The van der Waals surface area contributed by atoms with Crippen molar-refractivity contribution in [3.63, 3.8) is 0 Å². The zero-order valence-electron chi connectivity index (χ0n) is 17.3. The lowest BCUT2D eigenvalue weighted by atomic mass is 9.95. The van der Waals surface area contributed by atoms with Gasteiger partial charge in [0.05, 0.1) is 13.0 Å². The Balaban J connectivity index is 1.50. The second kappa shape index (κ2) is 9.30. The van der Waals surface area contributed by atoms with Crippen LogP contribution in [0.4, 0.5) is 0 Å². The Morgan fingerprint density at radius 3 is 2.77 bits per heavy atom. The Labute approximate surface area is 177 Å². The largest absolute Gasteiger partial charge is 0.497 e. The van der Waals surface area contributed by atoms with Gasteiger partial charge in [0, 0.05) is 26.2 Å². The maximum Gasteiger partial charge on any atom is 0.251 e. The van der Waals surface area contributed by atoms with Gasteiger partial charge >= 0.3 is 0 Å². The van der Waals surface area contributed by atoms with Crippen LogP contribution in [0, 0.1) is 5.92 Å². The first-order chi connectivity index (χ1) is 14.6. The van der Waals surface area contributed by atoms with Crippen LogP contribution in [0.2, 0.25) is 0 Å². The normalized spacial score (nSPS) is 21.8. The van der Waals surface area contributed by atoms with Crippen molar-refractivity contribution in [2.75, 3.05) is 33.4 Å². The molecule has 6 heteroatoms. The van der Waals surface area contributed by atoms with Gasteiger partial charge in [0.2, 0.25) is 5.91 Å². The fourth-order valence-corrected chi connectivity index (χ4v) is 4.20. The Kier molecular flexibility index (Phi) is 6.33. The SMILES string of the molecule is COc1cccc(-c2cccc(CC3CN(C(=O)C4CCCO4)CCNC3=O)c2)c1. The number of hydrogen-bond donors (Lipinski definition) is 1. The lowest BCUT2D eigenvalue weighted by Gasteiger charge is -2.25. The van der Waals surface area contributed by atoms with Gasteiger partial charge in [-0.3, -0.25) is 9.59 Å². The van der Waals surface area contributed by atoms with Crippen molar-refractivity contribution >= 4 is 11.8 Å². The molecule has 2 aliphatic rings. The highest BCUT2D eigenvalue weighted by Crippen LogP contribution is 2.26. The molecule has 2 aromatic carbocycles. The molecule has 2 unspecified atom stereocenters. The van der Waals surface area contributed by atoms with E-state index in [2.05, 4.69) is 17.4 Å². The van der Waals surface area contributed by atoms with Gasteiger partial charge in [-0.1, -0.05) is 36.4 Å². The van der Waals surface area contributed by atoms with Crippen LogP contribution in [0.1, 0.15) is 18.4 Å². The van der Waals surface area contributed by atoms with Crippen molar-refractivity contribution < 1.29 is 19.1 Å². The minimum Gasteiger partial charge on any atom is -0.497 e. The van der Waals surface area contributed by atoms with Crippen LogP contribution in [0.3, 0.4) is 0 Å². The maximum absolute atomic E-state index is 12.8. The fraction of sp³-hybridized carbons (Fsp3) is 0.417. The number of nitrogens with zero attached hydrogens (tertiary/aromatic N) is 1. The van der Waals surface area contributed by atoms with E-state index in [9.17, 15) is 9.59 Å². The molecule has 30 heavy (non-hydrogen) atoms. The molecule has 4 rings (SSSR count). The average molecular weight is 408 g/mol. The third-order valence-electron chi connectivity index (χ3n) is 5.82. The molecule has 0 saturated carbocycles. The third kappa shape index (κ3) is 4.65. The van der Waals surface area contributed by atoms with Crippen LogP contribution in [-0.4, -0.2) is 56.2 Å². The molecule has 1 N–H and O–H groups in total. The molecular weight excluding hydrogens is 380 g/mol. The molecule has 2 fully saturated rings. The monoisotopic (exact) mass is 408 g/mol. The molecule has 2 saturated heterocycles.